The summed E-state index contributed by atoms with van der Waals surface area (Å²) in [5, 5.41) is 2.83. The zero-order chi connectivity index (χ0) is 22.7. The van der Waals surface area contributed by atoms with Crippen LogP contribution in [0, 0.1) is 0 Å². The van der Waals surface area contributed by atoms with Gasteiger partial charge in [0.15, 0.2) is 6.61 Å². The third kappa shape index (κ3) is 4.59. The van der Waals surface area contributed by atoms with Gasteiger partial charge in [0.2, 0.25) is 0 Å². The Morgan fingerprint density at radius 2 is 1.72 bits per heavy atom. The van der Waals surface area contributed by atoms with Crippen LogP contribution in [0.2, 0.25) is 0 Å². The highest BCUT2D eigenvalue weighted by molar-refractivity contribution is 6.00. The highest BCUT2D eigenvalue weighted by Crippen LogP contribution is 2.32. The molecule has 4 rings (SSSR count). The number of alkyl halides is 3. The predicted molar refractivity (Wildman–Crippen MR) is 114 cm³/mol. The highest BCUT2D eigenvalue weighted by atomic mass is 19.4. The van der Waals surface area contributed by atoms with Gasteiger partial charge in [-0.2, -0.15) is 13.2 Å². The first-order valence-electron chi connectivity index (χ1n) is 9.91. The van der Waals surface area contributed by atoms with E-state index in [4.69, 9.17) is 4.74 Å². The minimum atomic E-state index is -4.48. The van der Waals surface area contributed by atoms with E-state index in [2.05, 4.69) is 5.32 Å². The van der Waals surface area contributed by atoms with E-state index in [1.54, 1.807) is 23.1 Å². The Labute approximate surface area is 182 Å². The van der Waals surface area contributed by atoms with Crippen LogP contribution in [0.25, 0.3) is 0 Å². The maximum atomic E-state index is 13.0. The number of amides is 1. The molecule has 32 heavy (non-hydrogen) atoms. The van der Waals surface area contributed by atoms with Crippen molar-refractivity contribution in [3.8, 4) is 0 Å². The molecule has 0 radical (unpaired) electrons. The third-order valence-corrected chi connectivity index (χ3v) is 5.13. The zero-order valence-corrected chi connectivity index (χ0v) is 16.9. The number of nitrogens with one attached hydrogen (secondary N) is 1. The summed E-state index contributed by atoms with van der Waals surface area (Å²) in [6.07, 6.45) is -3.75. The third-order valence-electron chi connectivity index (χ3n) is 5.13. The van der Waals surface area contributed by atoms with E-state index >= 15 is 0 Å². The van der Waals surface area contributed by atoms with E-state index in [1.165, 1.54) is 18.2 Å². The minimum Gasteiger partial charge on any atom is -0.452 e. The number of halogens is 3. The van der Waals surface area contributed by atoms with Gasteiger partial charge in [-0.05, 0) is 48.4 Å². The molecule has 0 aliphatic carbocycles. The van der Waals surface area contributed by atoms with Gasteiger partial charge in [0.05, 0.1) is 16.8 Å². The van der Waals surface area contributed by atoms with Gasteiger partial charge >= 0.3 is 12.1 Å². The lowest BCUT2D eigenvalue weighted by atomic mass is 10.1. The number of anilines is 3. The number of esters is 1. The van der Waals surface area contributed by atoms with Gasteiger partial charge in [-0.25, -0.2) is 4.79 Å². The Kier molecular flexibility index (Phi) is 5.85. The average Bonchev–Trinajstić information content (AvgIpc) is 3.21. The molecule has 0 aromatic heterocycles. The van der Waals surface area contributed by atoms with Crippen molar-refractivity contribution in [3.05, 3.63) is 89.5 Å². The molecule has 0 spiro atoms. The molecule has 1 amide bonds. The fourth-order valence-electron chi connectivity index (χ4n) is 3.58. The Bertz CT molecular complexity index is 1160. The second kappa shape index (κ2) is 8.74. The second-order valence-corrected chi connectivity index (χ2v) is 7.25. The number of carbonyl (C=O) groups is 2. The van der Waals surface area contributed by atoms with Crippen molar-refractivity contribution in [1.29, 1.82) is 0 Å². The number of rotatable bonds is 5. The summed E-state index contributed by atoms with van der Waals surface area (Å²) >= 11 is 0. The summed E-state index contributed by atoms with van der Waals surface area (Å²) < 4.78 is 44.1. The van der Waals surface area contributed by atoms with Crippen molar-refractivity contribution in [3.63, 3.8) is 0 Å². The van der Waals surface area contributed by atoms with Crippen LogP contribution in [0.5, 0.6) is 0 Å². The Hall–Kier alpha value is -3.81. The molecule has 0 fully saturated rings. The van der Waals surface area contributed by atoms with Crippen molar-refractivity contribution >= 4 is 28.9 Å². The summed E-state index contributed by atoms with van der Waals surface area (Å²) in [5.74, 6) is -1.09. The number of fused-ring (bicyclic) bond motifs is 1. The molecule has 1 aliphatic rings. The number of benzene rings is 3. The summed E-state index contributed by atoms with van der Waals surface area (Å²) in [6.45, 7) is 0.0779. The molecular weight excluding hydrogens is 421 g/mol. The fraction of sp³-hybridized carbons (Fsp3) is 0.167. The first kappa shape index (κ1) is 21.4. The lowest BCUT2D eigenvalue weighted by Crippen LogP contribution is -2.33. The van der Waals surface area contributed by atoms with E-state index in [0.717, 1.165) is 29.8 Å². The molecule has 0 unspecified atom stereocenters. The van der Waals surface area contributed by atoms with Crippen molar-refractivity contribution < 1.29 is 27.5 Å². The molecular formula is C24H19F3N2O3. The van der Waals surface area contributed by atoms with Crippen molar-refractivity contribution in [2.24, 2.45) is 0 Å². The van der Waals surface area contributed by atoms with Crippen LogP contribution in [0.1, 0.15) is 21.5 Å². The summed E-state index contributed by atoms with van der Waals surface area (Å²) in [5.41, 5.74) is 1.61. The smallest absolute Gasteiger partial charge is 0.416 e. The fourth-order valence-corrected chi connectivity index (χ4v) is 3.58. The molecule has 0 atom stereocenters. The van der Waals surface area contributed by atoms with Gasteiger partial charge in [0, 0.05) is 17.9 Å². The topological polar surface area (TPSA) is 58.6 Å². The number of hydrogen-bond acceptors (Lipinski definition) is 4. The molecule has 3 aromatic carbocycles. The van der Waals surface area contributed by atoms with Crippen LogP contribution >= 0.6 is 0 Å². The van der Waals surface area contributed by atoms with Crippen molar-refractivity contribution in [2.45, 2.75) is 12.6 Å². The maximum Gasteiger partial charge on any atom is 0.416 e. The molecule has 164 valence electrons. The van der Waals surface area contributed by atoms with Gasteiger partial charge in [-0.3, -0.25) is 4.79 Å². The normalized spacial score (nSPS) is 12.9. The lowest BCUT2D eigenvalue weighted by molar-refractivity contribution is -0.137. The molecule has 0 saturated heterocycles. The Morgan fingerprint density at radius 3 is 2.53 bits per heavy atom. The first-order chi connectivity index (χ1) is 15.3. The van der Waals surface area contributed by atoms with Crippen LogP contribution in [-0.2, 0) is 22.1 Å². The molecule has 1 N–H and O–H groups in total. The van der Waals surface area contributed by atoms with Gasteiger partial charge in [-0.15, -0.1) is 0 Å². The summed E-state index contributed by atoms with van der Waals surface area (Å²) in [7, 11) is 0. The number of para-hydroxylation sites is 2. The summed E-state index contributed by atoms with van der Waals surface area (Å²) in [6, 6.07) is 18.5. The SMILES string of the molecule is O=C(OCC(=O)N1CCc2ccccc21)c1ccccc1Nc1cccc(C(F)(F)F)c1. The number of nitrogens with zero attached hydrogens (tertiary/aromatic N) is 1. The van der Waals surface area contributed by atoms with Gasteiger partial charge < -0.3 is 15.0 Å². The maximum absolute atomic E-state index is 13.0. The number of carbonyl (C=O) groups excluding carboxylic acids is 2. The molecule has 8 heteroatoms. The molecule has 3 aromatic rings. The first-order valence-corrected chi connectivity index (χ1v) is 9.91. The van der Waals surface area contributed by atoms with Crippen LogP contribution in [0.4, 0.5) is 30.2 Å². The molecule has 0 bridgehead atoms. The van der Waals surface area contributed by atoms with Crippen LogP contribution in [-0.4, -0.2) is 25.0 Å². The summed E-state index contributed by atoms with van der Waals surface area (Å²) in [4.78, 5) is 26.8. The van der Waals surface area contributed by atoms with E-state index in [1.807, 2.05) is 24.3 Å². The van der Waals surface area contributed by atoms with Crippen molar-refractivity contribution in [2.75, 3.05) is 23.4 Å². The lowest BCUT2D eigenvalue weighted by Gasteiger charge is -2.17. The van der Waals surface area contributed by atoms with Gasteiger partial charge in [0.25, 0.3) is 5.91 Å². The average molecular weight is 440 g/mol. The Balaban J connectivity index is 1.45. The minimum absolute atomic E-state index is 0.111. The van der Waals surface area contributed by atoms with Crippen LogP contribution < -0.4 is 10.2 Å². The molecule has 1 heterocycles. The predicted octanol–water partition coefficient (Wildman–Crippen LogP) is 5.20. The molecule has 5 nitrogen and oxygen atoms in total. The van der Waals surface area contributed by atoms with E-state index in [-0.39, 0.29) is 22.8 Å². The monoisotopic (exact) mass is 440 g/mol. The number of ether oxygens (including phenoxy) is 1. The molecule has 0 saturated carbocycles. The van der Waals surface area contributed by atoms with Crippen LogP contribution in [0.3, 0.4) is 0 Å². The van der Waals surface area contributed by atoms with Crippen LogP contribution in [0.15, 0.2) is 72.8 Å². The quantitative estimate of drug-likeness (QED) is 0.555. The Morgan fingerprint density at radius 1 is 0.969 bits per heavy atom. The second-order valence-electron chi connectivity index (χ2n) is 7.25. The van der Waals surface area contributed by atoms with Crippen molar-refractivity contribution in [1.82, 2.24) is 0 Å². The van der Waals surface area contributed by atoms with Gasteiger partial charge in [-0.1, -0.05) is 36.4 Å². The van der Waals surface area contributed by atoms with E-state index in [9.17, 15) is 22.8 Å². The zero-order valence-electron chi connectivity index (χ0n) is 16.9. The standard InChI is InChI=1S/C24H19F3N2O3/c25-24(26,27)17-7-5-8-18(14-17)28-20-10-3-2-9-19(20)23(31)32-15-22(30)29-13-12-16-6-1-4-11-21(16)29/h1-11,14,28H,12-13,15H2. The van der Waals surface area contributed by atoms with E-state index < -0.39 is 24.3 Å². The highest BCUT2D eigenvalue weighted by Gasteiger charge is 2.30. The molecule has 1 aliphatic heterocycles. The van der Waals surface area contributed by atoms with Gasteiger partial charge in [0.1, 0.15) is 0 Å². The largest absolute Gasteiger partial charge is 0.452 e. The number of hydrogen-bond donors (Lipinski definition) is 1. The van der Waals surface area contributed by atoms with E-state index in [0.29, 0.717) is 6.54 Å².